The second-order valence-electron chi connectivity index (χ2n) is 4.18. The number of nitrogens with zero attached hydrogens (tertiary/aromatic N) is 1. The van der Waals surface area contributed by atoms with Crippen molar-refractivity contribution < 1.29 is 14.7 Å². The minimum atomic E-state index is -0.985. The van der Waals surface area contributed by atoms with Gasteiger partial charge < -0.3 is 10.0 Å². The summed E-state index contributed by atoms with van der Waals surface area (Å²) in [4.78, 5) is 24.4. The molecule has 18 heavy (non-hydrogen) atoms. The van der Waals surface area contributed by atoms with Crippen molar-refractivity contribution in [2.45, 2.75) is 19.3 Å². The van der Waals surface area contributed by atoms with Gasteiger partial charge in [0.25, 0.3) is 0 Å². The van der Waals surface area contributed by atoms with Crippen molar-refractivity contribution in [2.24, 2.45) is 0 Å². The fourth-order valence-electron chi connectivity index (χ4n) is 2.07. The molecule has 1 N–H and O–H groups in total. The molecule has 0 fully saturated rings. The molecule has 0 aromatic heterocycles. The van der Waals surface area contributed by atoms with E-state index in [9.17, 15) is 9.59 Å². The second kappa shape index (κ2) is 4.92. The van der Waals surface area contributed by atoms with Crippen LogP contribution in [0.1, 0.15) is 28.8 Å². The Morgan fingerprint density at radius 3 is 2.94 bits per heavy atom. The zero-order valence-electron chi connectivity index (χ0n) is 9.85. The maximum atomic E-state index is 11.8. The van der Waals surface area contributed by atoms with Gasteiger partial charge in [0.2, 0.25) is 5.91 Å². The molecular weight excluding hydrogens is 230 g/mol. The molecule has 0 unspecified atom stereocenters. The van der Waals surface area contributed by atoms with Crippen LogP contribution in [0.3, 0.4) is 0 Å². The highest BCUT2D eigenvalue weighted by Gasteiger charge is 2.27. The molecule has 1 amide bonds. The van der Waals surface area contributed by atoms with Gasteiger partial charge >= 0.3 is 5.97 Å². The first-order valence-corrected chi connectivity index (χ1v) is 5.73. The van der Waals surface area contributed by atoms with Crippen LogP contribution in [0.15, 0.2) is 18.2 Å². The Kier molecular flexibility index (Phi) is 3.33. The molecule has 1 aliphatic rings. The van der Waals surface area contributed by atoms with E-state index in [1.54, 1.807) is 17.0 Å². The van der Waals surface area contributed by atoms with E-state index in [1.807, 2.05) is 0 Å². The van der Waals surface area contributed by atoms with Crippen LogP contribution in [0.5, 0.6) is 0 Å². The van der Waals surface area contributed by atoms with Crippen molar-refractivity contribution in [3.8, 4) is 12.3 Å². The number of amides is 1. The van der Waals surface area contributed by atoms with Gasteiger partial charge in [-0.05, 0) is 24.1 Å². The van der Waals surface area contributed by atoms with Gasteiger partial charge in [-0.2, -0.15) is 0 Å². The molecule has 4 heteroatoms. The van der Waals surface area contributed by atoms with Crippen molar-refractivity contribution in [3.63, 3.8) is 0 Å². The van der Waals surface area contributed by atoms with Gasteiger partial charge in [-0.15, -0.1) is 12.3 Å². The van der Waals surface area contributed by atoms with E-state index in [1.165, 1.54) is 6.07 Å². The Bertz CT molecular complexity index is 542. The summed E-state index contributed by atoms with van der Waals surface area (Å²) in [7, 11) is 0. The summed E-state index contributed by atoms with van der Waals surface area (Å²) in [6, 6.07) is 4.79. The zero-order valence-corrected chi connectivity index (χ0v) is 9.85. The molecule has 0 spiro atoms. The molecule has 0 saturated carbocycles. The van der Waals surface area contributed by atoms with Crippen LogP contribution < -0.4 is 4.90 Å². The molecule has 4 nitrogen and oxygen atoms in total. The molecule has 1 aromatic rings. The molecule has 92 valence electrons. The number of hydrogen-bond acceptors (Lipinski definition) is 2. The van der Waals surface area contributed by atoms with Crippen molar-refractivity contribution in [1.82, 2.24) is 0 Å². The third-order valence-corrected chi connectivity index (χ3v) is 2.97. The van der Waals surface area contributed by atoms with Gasteiger partial charge in [0.15, 0.2) is 0 Å². The van der Waals surface area contributed by atoms with Crippen LogP contribution in [-0.4, -0.2) is 23.5 Å². The second-order valence-corrected chi connectivity index (χ2v) is 4.18. The average Bonchev–Trinajstić information content (AvgIpc) is 2.65. The number of benzene rings is 1. The number of carbonyl (C=O) groups is 2. The van der Waals surface area contributed by atoms with Gasteiger partial charge in [0.1, 0.15) is 0 Å². The first kappa shape index (κ1) is 12.2. The third kappa shape index (κ3) is 2.21. The predicted molar refractivity (Wildman–Crippen MR) is 67.5 cm³/mol. The summed E-state index contributed by atoms with van der Waals surface area (Å²) in [5.41, 5.74) is 1.79. The maximum absolute atomic E-state index is 11.8. The largest absolute Gasteiger partial charge is 0.478 e. The quantitative estimate of drug-likeness (QED) is 0.646. The van der Waals surface area contributed by atoms with Crippen LogP contribution in [0.2, 0.25) is 0 Å². The van der Waals surface area contributed by atoms with Crippen LogP contribution in [-0.2, 0) is 11.2 Å². The SMILES string of the molecule is C#CCCCN1C(=O)Cc2ccc(C(=O)O)cc21. The molecule has 1 heterocycles. The van der Waals surface area contributed by atoms with Crippen molar-refractivity contribution >= 4 is 17.6 Å². The lowest BCUT2D eigenvalue weighted by Gasteiger charge is -2.17. The monoisotopic (exact) mass is 243 g/mol. The Balaban J connectivity index is 2.25. The van der Waals surface area contributed by atoms with E-state index in [-0.39, 0.29) is 11.5 Å². The summed E-state index contributed by atoms with van der Waals surface area (Å²) in [5.74, 6) is 1.55. The Morgan fingerprint density at radius 1 is 1.50 bits per heavy atom. The Labute approximate surface area is 105 Å². The van der Waals surface area contributed by atoms with Gasteiger partial charge in [-0.25, -0.2) is 4.79 Å². The minimum Gasteiger partial charge on any atom is -0.478 e. The van der Waals surface area contributed by atoms with Crippen molar-refractivity contribution in [1.29, 1.82) is 0 Å². The summed E-state index contributed by atoms with van der Waals surface area (Å²) in [5, 5.41) is 8.95. The lowest BCUT2D eigenvalue weighted by molar-refractivity contribution is -0.117. The molecule has 0 aliphatic carbocycles. The van der Waals surface area contributed by atoms with E-state index >= 15 is 0 Å². The van der Waals surface area contributed by atoms with E-state index < -0.39 is 5.97 Å². The molecule has 1 aromatic carbocycles. The number of carbonyl (C=O) groups excluding carboxylic acids is 1. The standard InChI is InChI=1S/C14H13NO3/c1-2-3-4-7-15-12-8-11(14(17)18)6-5-10(12)9-13(15)16/h1,5-6,8H,3-4,7,9H2,(H,17,18). The smallest absolute Gasteiger partial charge is 0.335 e. The number of fused-ring (bicyclic) bond motifs is 1. The van der Waals surface area contributed by atoms with Gasteiger partial charge in [0, 0.05) is 18.7 Å². The fourth-order valence-corrected chi connectivity index (χ4v) is 2.07. The highest BCUT2D eigenvalue weighted by molar-refractivity contribution is 6.03. The number of terminal acetylenes is 1. The number of aromatic carboxylic acids is 1. The minimum absolute atomic E-state index is 0.00422. The first-order valence-electron chi connectivity index (χ1n) is 5.73. The molecule has 0 bridgehead atoms. The summed E-state index contributed by atoms with van der Waals surface area (Å²) >= 11 is 0. The van der Waals surface area contributed by atoms with Gasteiger partial charge in [-0.1, -0.05) is 6.07 Å². The maximum Gasteiger partial charge on any atom is 0.335 e. The Hall–Kier alpha value is -2.28. The summed E-state index contributed by atoms with van der Waals surface area (Å²) < 4.78 is 0. The molecule has 0 radical (unpaired) electrons. The van der Waals surface area contributed by atoms with Crippen LogP contribution in [0, 0.1) is 12.3 Å². The zero-order chi connectivity index (χ0) is 13.1. The van der Waals surface area contributed by atoms with Crippen LogP contribution in [0.4, 0.5) is 5.69 Å². The Morgan fingerprint density at radius 2 is 2.28 bits per heavy atom. The van der Waals surface area contributed by atoms with E-state index in [2.05, 4.69) is 5.92 Å². The third-order valence-electron chi connectivity index (χ3n) is 2.97. The van der Waals surface area contributed by atoms with E-state index in [0.717, 1.165) is 12.0 Å². The molecule has 0 saturated heterocycles. The highest BCUT2D eigenvalue weighted by Crippen LogP contribution is 2.30. The van der Waals surface area contributed by atoms with E-state index in [4.69, 9.17) is 11.5 Å². The average molecular weight is 243 g/mol. The number of rotatable bonds is 4. The summed E-state index contributed by atoms with van der Waals surface area (Å²) in [6.45, 7) is 0.541. The van der Waals surface area contributed by atoms with Gasteiger partial charge in [-0.3, -0.25) is 4.79 Å². The van der Waals surface area contributed by atoms with Crippen LogP contribution in [0.25, 0.3) is 0 Å². The lowest BCUT2D eigenvalue weighted by Crippen LogP contribution is -2.27. The molecule has 0 atom stereocenters. The highest BCUT2D eigenvalue weighted by atomic mass is 16.4. The number of carboxylic acid groups (broad SMARTS) is 1. The normalized spacial score (nSPS) is 13.3. The number of hydrogen-bond donors (Lipinski definition) is 1. The fraction of sp³-hybridized carbons (Fsp3) is 0.286. The lowest BCUT2D eigenvalue weighted by atomic mass is 10.1. The molecular formula is C14H13NO3. The molecule has 1 aliphatic heterocycles. The number of unbranched alkanes of at least 4 members (excludes halogenated alkanes) is 1. The van der Waals surface area contributed by atoms with Crippen molar-refractivity contribution in [2.75, 3.05) is 11.4 Å². The van der Waals surface area contributed by atoms with E-state index in [0.29, 0.717) is 25.1 Å². The van der Waals surface area contributed by atoms with Gasteiger partial charge in [0.05, 0.1) is 12.0 Å². The summed E-state index contributed by atoms with van der Waals surface area (Å²) in [6.07, 6.45) is 6.84. The first-order chi connectivity index (χ1) is 8.63. The molecule has 2 rings (SSSR count). The topological polar surface area (TPSA) is 57.6 Å². The number of anilines is 1. The number of carboxylic acids is 1. The van der Waals surface area contributed by atoms with Crippen molar-refractivity contribution in [3.05, 3.63) is 29.3 Å². The predicted octanol–water partition coefficient (Wildman–Crippen LogP) is 1.69. The van der Waals surface area contributed by atoms with Crippen LogP contribution >= 0.6 is 0 Å².